The molecule has 23 heavy (non-hydrogen) atoms. The summed E-state index contributed by atoms with van der Waals surface area (Å²) in [5.41, 5.74) is 5.93. The molecule has 0 atom stereocenters. The first kappa shape index (κ1) is 14.0. The molecular weight excluding hydrogens is 286 g/mol. The predicted octanol–water partition coefficient (Wildman–Crippen LogP) is 3.55. The zero-order valence-corrected chi connectivity index (χ0v) is 13.2. The standard InChI is InChI=1S/C19H19N3O/c1-22-11-5-9-18(22)16-12-19(21-17-8-4-7-15(16)17)23-13-14-6-2-3-10-20-14/h2-3,5-6,9-12H,4,7-8,13H2,1H3. The third-order valence-electron chi connectivity index (χ3n) is 4.34. The van der Waals surface area contributed by atoms with E-state index in [1.807, 2.05) is 18.2 Å². The van der Waals surface area contributed by atoms with E-state index in [4.69, 9.17) is 9.72 Å². The molecule has 0 amide bonds. The number of ether oxygens (including phenoxy) is 1. The Hall–Kier alpha value is -2.62. The van der Waals surface area contributed by atoms with Gasteiger partial charge in [-0.15, -0.1) is 0 Å². The molecule has 0 radical (unpaired) electrons. The summed E-state index contributed by atoms with van der Waals surface area (Å²) >= 11 is 0. The summed E-state index contributed by atoms with van der Waals surface area (Å²) in [7, 11) is 2.07. The van der Waals surface area contributed by atoms with E-state index in [9.17, 15) is 0 Å². The van der Waals surface area contributed by atoms with E-state index in [-0.39, 0.29) is 0 Å². The lowest BCUT2D eigenvalue weighted by Gasteiger charge is -2.13. The second-order valence-electron chi connectivity index (χ2n) is 5.90. The van der Waals surface area contributed by atoms with Gasteiger partial charge in [0.15, 0.2) is 0 Å². The van der Waals surface area contributed by atoms with Crippen molar-refractivity contribution in [2.24, 2.45) is 7.05 Å². The first-order chi connectivity index (χ1) is 11.3. The van der Waals surface area contributed by atoms with Crippen molar-refractivity contribution in [3.05, 3.63) is 65.7 Å². The number of rotatable bonds is 4. The number of fused-ring (bicyclic) bond motifs is 1. The Bertz CT molecular complexity index is 824. The zero-order chi connectivity index (χ0) is 15.6. The van der Waals surface area contributed by atoms with Crippen molar-refractivity contribution < 1.29 is 4.74 Å². The number of nitrogens with zero attached hydrogens (tertiary/aromatic N) is 3. The van der Waals surface area contributed by atoms with Crippen LogP contribution in [0.1, 0.15) is 23.4 Å². The maximum absolute atomic E-state index is 5.91. The predicted molar refractivity (Wildman–Crippen MR) is 89.2 cm³/mol. The average molecular weight is 305 g/mol. The highest BCUT2D eigenvalue weighted by Crippen LogP contribution is 2.34. The Balaban J connectivity index is 1.67. The quantitative estimate of drug-likeness (QED) is 0.740. The van der Waals surface area contributed by atoms with Gasteiger partial charge in [0.05, 0.1) is 5.69 Å². The van der Waals surface area contributed by atoms with Gasteiger partial charge < -0.3 is 9.30 Å². The van der Waals surface area contributed by atoms with Gasteiger partial charge in [0, 0.05) is 42.5 Å². The van der Waals surface area contributed by atoms with Crippen molar-refractivity contribution in [2.75, 3.05) is 0 Å². The Morgan fingerprint density at radius 3 is 2.91 bits per heavy atom. The molecule has 1 aliphatic rings. The summed E-state index contributed by atoms with van der Waals surface area (Å²) in [6.45, 7) is 0.444. The molecule has 0 N–H and O–H groups in total. The molecule has 0 spiro atoms. The fraction of sp³-hybridized carbons (Fsp3) is 0.263. The van der Waals surface area contributed by atoms with Crippen molar-refractivity contribution in [3.8, 4) is 17.1 Å². The molecule has 0 bridgehead atoms. The SMILES string of the molecule is Cn1cccc1-c1cc(OCc2ccccn2)nc2c1CCC2. The normalized spacial score (nSPS) is 13.1. The third kappa shape index (κ3) is 2.72. The Morgan fingerprint density at radius 2 is 2.13 bits per heavy atom. The van der Waals surface area contributed by atoms with Crippen LogP contribution in [-0.2, 0) is 26.5 Å². The molecule has 3 heterocycles. The summed E-state index contributed by atoms with van der Waals surface area (Å²) in [5.74, 6) is 0.688. The van der Waals surface area contributed by atoms with Crippen LogP contribution in [-0.4, -0.2) is 14.5 Å². The van der Waals surface area contributed by atoms with E-state index in [0.29, 0.717) is 12.5 Å². The van der Waals surface area contributed by atoms with Gasteiger partial charge in [-0.25, -0.2) is 4.98 Å². The number of pyridine rings is 2. The van der Waals surface area contributed by atoms with Gasteiger partial charge in [0.2, 0.25) is 5.88 Å². The van der Waals surface area contributed by atoms with Crippen LogP contribution in [0.4, 0.5) is 0 Å². The number of hydrogen-bond acceptors (Lipinski definition) is 3. The third-order valence-corrected chi connectivity index (χ3v) is 4.34. The second kappa shape index (κ2) is 5.88. The molecule has 4 rings (SSSR count). The van der Waals surface area contributed by atoms with E-state index < -0.39 is 0 Å². The van der Waals surface area contributed by atoms with E-state index in [0.717, 1.165) is 18.5 Å². The molecule has 0 unspecified atom stereocenters. The van der Waals surface area contributed by atoms with Gasteiger partial charge in [-0.3, -0.25) is 4.98 Å². The summed E-state index contributed by atoms with van der Waals surface area (Å²) in [4.78, 5) is 9.01. The van der Waals surface area contributed by atoms with Crippen molar-refractivity contribution >= 4 is 0 Å². The summed E-state index contributed by atoms with van der Waals surface area (Å²) in [6.07, 6.45) is 7.16. The van der Waals surface area contributed by atoms with Crippen LogP contribution >= 0.6 is 0 Å². The van der Waals surface area contributed by atoms with Crippen LogP contribution < -0.4 is 4.74 Å². The van der Waals surface area contributed by atoms with Gasteiger partial charge in [-0.05, 0) is 49.1 Å². The Morgan fingerprint density at radius 1 is 1.17 bits per heavy atom. The molecule has 116 valence electrons. The highest BCUT2D eigenvalue weighted by Gasteiger charge is 2.20. The molecule has 3 aromatic heterocycles. The van der Waals surface area contributed by atoms with Gasteiger partial charge in [0.1, 0.15) is 6.61 Å². The van der Waals surface area contributed by atoms with Crippen molar-refractivity contribution in [1.82, 2.24) is 14.5 Å². The van der Waals surface area contributed by atoms with E-state index >= 15 is 0 Å². The molecule has 4 nitrogen and oxygen atoms in total. The van der Waals surface area contributed by atoms with Crippen LogP contribution in [0.5, 0.6) is 5.88 Å². The molecule has 3 aromatic rings. The maximum atomic E-state index is 5.91. The van der Waals surface area contributed by atoms with Crippen molar-refractivity contribution in [3.63, 3.8) is 0 Å². The molecular formula is C19H19N3O. The van der Waals surface area contributed by atoms with Crippen LogP contribution in [0, 0.1) is 0 Å². The van der Waals surface area contributed by atoms with Gasteiger partial charge >= 0.3 is 0 Å². The van der Waals surface area contributed by atoms with Gasteiger partial charge in [-0.1, -0.05) is 6.07 Å². The Kier molecular flexibility index (Phi) is 3.58. The minimum atomic E-state index is 0.444. The lowest BCUT2D eigenvalue weighted by molar-refractivity contribution is 0.288. The molecule has 0 fully saturated rings. The number of aryl methyl sites for hydroxylation is 2. The van der Waals surface area contributed by atoms with E-state index in [1.165, 1.54) is 28.9 Å². The minimum absolute atomic E-state index is 0.444. The Labute approximate surface area is 135 Å². The molecule has 4 heteroatoms. The topological polar surface area (TPSA) is 39.9 Å². The summed E-state index contributed by atoms with van der Waals surface area (Å²) in [5, 5.41) is 0. The largest absolute Gasteiger partial charge is 0.471 e. The van der Waals surface area contributed by atoms with E-state index in [2.05, 4.69) is 41.0 Å². The molecule has 0 aliphatic heterocycles. The van der Waals surface area contributed by atoms with Crippen LogP contribution in [0.2, 0.25) is 0 Å². The summed E-state index contributed by atoms with van der Waals surface area (Å²) in [6, 6.07) is 12.1. The maximum Gasteiger partial charge on any atom is 0.214 e. The zero-order valence-electron chi connectivity index (χ0n) is 13.2. The average Bonchev–Trinajstić information content (AvgIpc) is 3.22. The van der Waals surface area contributed by atoms with Gasteiger partial charge in [-0.2, -0.15) is 0 Å². The van der Waals surface area contributed by atoms with Gasteiger partial charge in [0.25, 0.3) is 0 Å². The van der Waals surface area contributed by atoms with Crippen LogP contribution in [0.3, 0.4) is 0 Å². The summed E-state index contributed by atoms with van der Waals surface area (Å²) < 4.78 is 8.06. The molecule has 0 saturated heterocycles. The highest BCUT2D eigenvalue weighted by molar-refractivity contribution is 5.67. The van der Waals surface area contributed by atoms with E-state index in [1.54, 1.807) is 6.20 Å². The smallest absolute Gasteiger partial charge is 0.214 e. The second-order valence-corrected chi connectivity index (χ2v) is 5.90. The fourth-order valence-electron chi connectivity index (χ4n) is 3.19. The minimum Gasteiger partial charge on any atom is -0.471 e. The first-order valence-corrected chi connectivity index (χ1v) is 7.98. The molecule has 0 saturated carbocycles. The number of aromatic nitrogens is 3. The molecule has 1 aliphatic carbocycles. The monoisotopic (exact) mass is 305 g/mol. The van der Waals surface area contributed by atoms with Crippen LogP contribution in [0.25, 0.3) is 11.3 Å². The fourth-order valence-corrected chi connectivity index (χ4v) is 3.19. The number of hydrogen-bond donors (Lipinski definition) is 0. The molecule has 0 aromatic carbocycles. The van der Waals surface area contributed by atoms with Crippen molar-refractivity contribution in [2.45, 2.75) is 25.9 Å². The first-order valence-electron chi connectivity index (χ1n) is 7.98. The van der Waals surface area contributed by atoms with Crippen molar-refractivity contribution in [1.29, 1.82) is 0 Å². The lowest BCUT2D eigenvalue weighted by Crippen LogP contribution is -2.03. The van der Waals surface area contributed by atoms with Crippen LogP contribution in [0.15, 0.2) is 48.8 Å². The lowest BCUT2D eigenvalue weighted by atomic mass is 10.0. The highest BCUT2D eigenvalue weighted by atomic mass is 16.5.